The zero-order chi connectivity index (χ0) is 17.6. The van der Waals surface area contributed by atoms with Crippen molar-refractivity contribution in [1.82, 2.24) is 4.98 Å². The van der Waals surface area contributed by atoms with Crippen molar-refractivity contribution in [1.29, 1.82) is 0 Å². The maximum atomic E-state index is 12.4. The van der Waals surface area contributed by atoms with Crippen LogP contribution >= 0.6 is 11.3 Å². The molecule has 0 radical (unpaired) electrons. The molecule has 0 bridgehead atoms. The van der Waals surface area contributed by atoms with E-state index >= 15 is 0 Å². The molecule has 2 N–H and O–H groups in total. The zero-order valence-corrected chi connectivity index (χ0v) is 15.0. The van der Waals surface area contributed by atoms with Crippen LogP contribution in [0.2, 0.25) is 0 Å². The third-order valence-corrected chi connectivity index (χ3v) is 5.88. The Morgan fingerprint density at radius 1 is 1.20 bits per heavy atom. The van der Waals surface area contributed by atoms with Crippen LogP contribution in [0.3, 0.4) is 0 Å². The molecule has 0 saturated carbocycles. The first-order chi connectivity index (χ1) is 12.0. The van der Waals surface area contributed by atoms with Crippen molar-refractivity contribution in [2.75, 3.05) is 0 Å². The summed E-state index contributed by atoms with van der Waals surface area (Å²) >= 11 is 1.52. The molecule has 1 aromatic carbocycles. The normalized spacial score (nSPS) is 14.3. The van der Waals surface area contributed by atoms with Crippen LogP contribution in [-0.4, -0.2) is 16.0 Å². The highest BCUT2D eigenvalue weighted by Crippen LogP contribution is 2.38. The number of aromatic hydroxyl groups is 1. The lowest BCUT2D eigenvalue weighted by Crippen LogP contribution is -1.96. The van der Waals surface area contributed by atoms with E-state index in [-0.39, 0.29) is 11.8 Å². The van der Waals surface area contributed by atoms with Gasteiger partial charge in [-0.15, -0.1) is 21.6 Å². The second kappa shape index (κ2) is 6.11. The van der Waals surface area contributed by atoms with E-state index < -0.39 is 0 Å². The molecule has 6 heteroatoms. The van der Waals surface area contributed by atoms with Crippen molar-refractivity contribution >= 4 is 33.8 Å². The van der Waals surface area contributed by atoms with Crippen molar-refractivity contribution in [2.24, 2.45) is 10.2 Å². The van der Waals surface area contributed by atoms with E-state index in [9.17, 15) is 9.90 Å². The predicted molar refractivity (Wildman–Crippen MR) is 99.2 cm³/mol. The summed E-state index contributed by atoms with van der Waals surface area (Å²) in [7, 11) is 0. The number of fused-ring (bicyclic) bond motifs is 2. The Bertz CT molecular complexity index is 990. The first-order valence-corrected chi connectivity index (χ1v) is 9.24. The first-order valence-electron chi connectivity index (χ1n) is 8.42. The lowest BCUT2D eigenvalue weighted by atomic mass is 9.99. The molecule has 0 fully saturated rings. The highest BCUT2D eigenvalue weighted by Gasteiger charge is 2.18. The Morgan fingerprint density at radius 3 is 2.80 bits per heavy atom. The maximum Gasteiger partial charge on any atom is 0.305 e. The molecule has 4 rings (SSSR count). The second-order valence-electron chi connectivity index (χ2n) is 6.60. The number of azo groups is 1. The molecule has 0 atom stereocenters. The number of aromatic nitrogens is 1. The molecule has 5 nitrogen and oxygen atoms in total. The van der Waals surface area contributed by atoms with Crippen molar-refractivity contribution in [3.63, 3.8) is 0 Å². The van der Waals surface area contributed by atoms with Gasteiger partial charge in [-0.25, -0.2) is 0 Å². The van der Waals surface area contributed by atoms with E-state index in [1.165, 1.54) is 34.6 Å². The van der Waals surface area contributed by atoms with Gasteiger partial charge in [0.05, 0.1) is 10.4 Å². The molecule has 2 aromatic heterocycles. The van der Waals surface area contributed by atoms with Gasteiger partial charge in [-0.3, -0.25) is 4.79 Å². The average molecular weight is 353 g/mol. The summed E-state index contributed by atoms with van der Waals surface area (Å²) in [6.45, 7) is 3.95. The minimum absolute atomic E-state index is 0.0641. The number of nitrogens with zero attached hydrogens (tertiary/aromatic N) is 2. The lowest BCUT2D eigenvalue weighted by molar-refractivity contribution is 0.0999. The highest BCUT2D eigenvalue weighted by atomic mass is 32.1. The van der Waals surface area contributed by atoms with Crippen molar-refractivity contribution in [3.05, 3.63) is 44.6 Å². The van der Waals surface area contributed by atoms with Gasteiger partial charge in [0, 0.05) is 10.3 Å². The number of nitrogens with one attached hydrogen (secondary N) is 1. The van der Waals surface area contributed by atoms with E-state index in [4.69, 9.17) is 0 Å². The number of hydrogen-bond acceptors (Lipinski definition) is 4. The predicted octanol–water partition coefficient (Wildman–Crippen LogP) is 5.35. The van der Waals surface area contributed by atoms with Gasteiger partial charge in [0.2, 0.25) is 5.88 Å². The average Bonchev–Trinajstić information content (AvgIpc) is 3.14. The second-order valence-corrected chi connectivity index (χ2v) is 7.73. The molecule has 0 saturated heterocycles. The fraction of sp³-hybridized carbons (Fsp3) is 0.316. The number of carbonyl (C=O) groups is 1. The third-order valence-electron chi connectivity index (χ3n) is 4.65. The smallest absolute Gasteiger partial charge is 0.305 e. The fourth-order valence-electron chi connectivity index (χ4n) is 3.47. The fourth-order valence-corrected chi connectivity index (χ4v) is 4.60. The van der Waals surface area contributed by atoms with Gasteiger partial charge >= 0.3 is 5.91 Å². The van der Waals surface area contributed by atoms with Crippen LogP contribution < -0.4 is 0 Å². The topological polar surface area (TPSA) is 77.8 Å². The molecule has 0 aliphatic heterocycles. The Balaban J connectivity index is 1.67. The number of amides is 1. The van der Waals surface area contributed by atoms with E-state index in [0.29, 0.717) is 10.6 Å². The van der Waals surface area contributed by atoms with Gasteiger partial charge in [-0.2, -0.15) is 0 Å². The standard InChI is InChI=1S/C19H19N3O2S/c1-10-7-11(2)16-13(8-10)17(19(24)20-16)21-22-18(23)15-9-12-5-3-4-6-14(12)25-15/h7-9,20,24H,3-6H2,1-2H3. The molecule has 1 amide bonds. The largest absolute Gasteiger partial charge is 0.493 e. The summed E-state index contributed by atoms with van der Waals surface area (Å²) in [6.07, 6.45) is 4.45. The quantitative estimate of drug-likeness (QED) is 0.609. The molecular formula is C19H19N3O2S. The number of carbonyl (C=O) groups excluding carboxylic acids is 1. The molecule has 2 heterocycles. The molecule has 1 aliphatic rings. The summed E-state index contributed by atoms with van der Waals surface area (Å²) < 4.78 is 0. The van der Waals surface area contributed by atoms with Gasteiger partial charge in [-0.1, -0.05) is 11.6 Å². The van der Waals surface area contributed by atoms with Crippen molar-refractivity contribution in [2.45, 2.75) is 39.5 Å². The number of aromatic amines is 1. The lowest BCUT2D eigenvalue weighted by Gasteiger charge is -2.08. The number of aryl methyl sites for hydroxylation is 4. The Kier molecular flexibility index (Phi) is 3.92. The summed E-state index contributed by atoms with van der Waals surface area (Å²) in [5.41, 5.74) is 4.49. The number of thiophene rings is 1. The molecule has 3 aromatic rings. The van der Waals surface area contributed by atoms with Gasteiger partial charge in [0.15, 0.2) is 5.69 Å². The minimum Gasteiger partial charge on any atom is -0.493 e. The van der Waals surface area contributed by atoms with Crippen molar-refractivity contribution < 1.29 is 9.90 Å². The van der Waals surface area contributed by atoms with Gasteiger partial charge < -0.3 is 10.1 Å². The van der Waals surface area contributed by atoms with Crippen LogP contribution in [0.25, 0.3) is 10.9 Å². The molecule has 1 aliphatic carbocycles. The Morgan fingerprint density at radius 2 is 2.00 bits per heavy atom. The Labute approximate surface area is 149 Å². The van der Waals surface area contributed by atoms with E-state index in [2.05, 4.69) is 15.2 Å². The van der Waals surface area contributed by atoms with Crippen LogP contribution in [0.4, 0.5) is 5.69 Å². The molecule has 0 unspecified atom stereocenters. The van der Waals surface area contributed by atoms with Crippen LogP contribution in [-0.2, 0) is 12.8 Å². The van der Waals surface area contributed by atoms with Gasteiger partial charge in [-0.05, 0) is 62.8 Å². The Hall–Kier alpha value is -2.47. The summed E-state index contributed by atoms with van der Waals surface area (Å²) in [5, 5.41) is 18.8. The van der Waals surface area contributed by atoms with Gasteiger partial charge in [0.1, 0.15) is 0 Å². The first kappa shape index (κ1) is 16.0. The SMILES string of the molecule is Cc1cc(C)c2[nH]c(O)c(N=NC(=O)c3cc4c(s3)CCCC4)c2c1. The molecule has 25 heavy (non-hydrogen) atoms. The molecular weight excluding hydrogens is 334 g/mol. The third kappa shape index (κ3) is 2.87. The van der Waals surface area contributed by atoms with Crippen LogP contribution in [0.1, 0.15) is 44.1 Å². The monoisotopic (exact) mass is 353 g/mol. The summed E-state index contributed by atoms with van der Waals surface area (Å²) in [5.74, 6) is -0.414. The van der Waals surface area contributed by atoms with E-state index in [1.54, 1.807) is 0 Å². The number of H-pyrrole nitrogens is 1. The number of rotatable bonds is 2. The van der Waals surface area contributed by atoms with E-state index in [1.807, 2.05) is 32.0 Å². The number of hydrogen-bond donors (Lipinski definition) is 2. The van der Waals surface area contributed by atoms with Crippen molar-refractivity contribution in [3.8, 4) is 5.88 Å². The van der Waals surface area contributed by atoms with Crippen LogP contribution in [0, 0.1) is 13.8 Å². The maximum absolute atomic E-state index is 12.4. The minimum atomic E-state index is -0.350. The molecule has 0 spiro atoms. The van der Waals surface area contributed by atoms with E-state index in [0.717, 1.165) is 34.9 Å². The summed E-state index contributed by atoms with van der Waals surface area (Å²) in [4.78, 5) is 17.2. The van der Waals surface area contributed by atoms with Gasteiger partial charge in [0.25, 0.3) is 0 Å². The zero-order valence-electron chi connectivity index (χ0n) is 14.2. The number of benzene rings is 1. The van der Waals surface area contributed by atoms with Crippen LogP contribution in [0.15, 0.2) is 28.4 Å². The highest BCUT2D eigenvalue weighted by molar-refractivity contribution is 7.14. The van der Waals surface area contributed by atoms with Crippen LogP contribution in [0.5, 0.6) is 5.88 Å². The molecule has 128 valence electrons. The summed E-state index contributed by atoms with van der Waals surface area (Å²) in [6, 6.07) is 5.91.